The van der Waals surface area contributed by atoms with Gasteiger partial charge in [-0.25, -0.2) is 0 Å². The molecule has 0 heterocycles. The topological polar surface area (TPSA) is 66.8 Å². The zero-order valence-corrected chi connectivity index (χ0v) is 11.4. The Morgan fingerprint density at radius 2 is 1.95 bits per heavy atom. The van der Waals surface area contributed by atoms with Crippen LogP contribution in [0.15, 0.2) is 12.2 Å². The average molecular weight is 267 g/mol. The maximum Gasteiger partial charge on any atom is 0.307 e. The Kier molecular flexibility index (Phi) is 4.24. The first-order valence-electron chi connectivity index (χ1n) is 6.80. The largest absolute Gasteiger partial charge is 0.481 e. The third kappa shape index (κ3) is 2.66. The lowest BCUT2D eigenvalue weighted by Gasteiger charge is -2.28. The molecule has 0 aromatic heterocycles. The fourth-order valence-electron chi connectivity index (χ4n) is 3.21. The van der Waals surface area contributed by atoms with E-state index in [1.165, 1.54) is 0 Å². The number of rotatable bonds is 6. The van der Waals surface area contributed by atoms with Crippen LogP contribution in [-0.4, -0.2) is 48.7 Å². The van der Waals surface area contributed by atoms with Crippen LogP contribution in [0, 0.1) is 23.7 Å². The number of amides is 1. The van der Waals surface area contributed by atoms with E-state index in [-0.39, 0.29) is 17.7 Å². The van der Waals surface area contributed by atoms with Crippen molar-refractivity contribution in [2.45, 2.75) is 13.3 Å². The van der Waals surface area contributed by atoms with Crippen molar-refractivity contribution in [3.8, 4) is 0 Å². The van der Waals surface area contributed by atoms with E-state index in [2.05, 4.69) is 0 Å². The number of nitrogens with zero attached hydrogens (tertiary/aromatic N) is 1. The second-order valence-corrected chi connectivity index (χ2v) is 5.29. The minimum Gasteiger partial charge on any atom is -0.481 e. The number of hydrogen-bond acceptors (Lipinski definition) is 3. The molecular weight excluding hydrogens is 246 g/mol. The van der Waals surface area contributed by atoms with Crippen molar-refractivity contribution >= 4 is 11.9 Å². The van der Waals surface area contributed by atoms with E-state index in [0.29, 0.717) is 19.8 Å². The van der Waals surface area contributed by atoms with Crippen molar-refractivity contribution in [3.63, 3.8) is 0 Å². The van der Waals surface area contributed by atoms with Gasteiger partial charge >= 0.3 is 5.97 Å². The lowest BCUT2D eigenvalue weighted by atomic mass is 9.82. The highest BCUT2D eigenvalue weighted by Crippen LogP contribution is 2.48. The Bertz CT molecular complexity index is 393. The van der Waals surface area contributed by atoms with Crippen molar-refractivity contribution in [3.05, 3.63) is 12.2 Å². The van der Waals surface area contributed by atoms with Crippen molar-refractivity contribution in [1.29, 1.82) is 0 Å². The Labute approximate surface area is 113 Å². The predicted octanol–water partition coefficient (Wildman–Crippen LogP) is 1.00. The quantitative estimate of drug-likeness (QED) is 0.576. The van der Waals surface area contributed by atoms with E-state index in [4.69, 9.17) is 4.74 Å². The number of carboxylic acid groups (broad SMARTS) is 1. The van der Waals surface area contributed by atoms with Crippen LogP contribution < -0.4 is 0 Å². The Morgan fingerprint density at radius 1 is 1.32 bits per heavy atom. The van der Waals surface area contributed by atoms with Crippen molar-refractivity contribution < 1.29 is 19.4 Å². The Balaban J connectivity index is 2.01. The van der Waals surface area contributed by atoms with Gasteiger partial charge in [0, 0.05) is 20.2 Å². The summed E-state index contributed by atoms with van der Waals surface area (Å²) in [6.45, 7) is 3.53. The number of ether oxygens (including phenoxy) is 1. The van der Waals surface area contributed by atoms with Crippen molar-refractivity contribution in [2.75, 3.05) is 26.8 Å². The molecule has 2 aliphatic carbocycles. The molecule has 0 spiro atoms. The minimum atomic E-state index is -0.853. The average Bonchev–Trinajstić information content (AvgIpc) is 2.97. The molecular formula is C14H21NO4. The predicted molar refractivity (Wildman–Crippen MR) is 69.5 cm³/mol. The molecule has 2 unspecified atom stereocenters. The molecule has 2 bridgehead atoms. The summed E-state index contributed by atoms with van der Waals surface area (Å²) in [7, 11) is 1.72. The molecule has 1 saturated carbocycles. The highest BCUT2D eigenvalue weighted by molar-refractivity contribution is 5.86. The summed E-state index contributed by atoms with van der Waals surface area (Å²) in [5, 5.41) is 9.32. The zero-order valence-electron chi connectivity index (χ0n) is 11.4. The number of aliphatic carboxylic acids is 1. The van der Waals surface area contributed by atoms with E-state index in [9.17, 15) is 14.7 Å². The molecule has 0 aromatic rings. The Morgan fingerprint density at radius 3 is 2.53 bits per heavy atom. The first-order valence-corrected chi connectivity index (χ1v) is 6.80. The lowest BCUT2D eigenvalue weighted by Crippen LogP contribution is -2.42. The third-order valence-electron chi connectivity index (χ3n) is 4.18. The van der Waals surface area contributed by atoms with Gasteiger partial charge in [-0.3, -0.25) is 9.59 Å². The van der Waals surface area contributed by atoms with Gasteiger partial charge in [0.15, 0.2) is 0 Å². The van der Waals surface area contributed by atoms with E-state index in [1.807, 2.05) is 19.1 Å². The number of carboxylic acids is 1. The summed E-state index contributed by atoms with van der Waals surface area (Å²) in [5.41, 5.74) is 0. The summed E-state index contributed by atoms with van der Waals surface area (Å²) in [4.78, 5) is 25.4. The first-order chi connectivity index (χ1) is 9.06. The van der Waals surface area contributed by atoms with E-state index < -0.39 is 17.8 Å². The molecule has 2 rings (SSSR count). The molecule has 0 aliphatic heterocycles. The summed E-state index contributed by atoms with van der Waals surface area (Å²) in [6.07, 6.45) is 4.75. The zero-order chi connectivity index (χ0) is 14.0. The van der Waals surface area contributed by atoms with Crippen LogP contribution in [0.1, 0.15) is 13.3 Å². The van der Waals surface area contributed by atoms with Crippen LogP contribution in [0.25, 0.3) is 0 Å². The maximum atomic E-state index is 12.4. The minimum absolute atomic E-state index is 0.0248. The van der Waals surface area contributed by atoms with Gasteiger partial charge in [-0.2, -0.15) is 0 Å². The Hall–Kier alpha value is -1.36. The molecule has 106 valence electrons. The van der Waals surface area contributed by atoms with Gasteiger partial charge in [0.2, 0.25) is 5.91 Å². The summed E-state index contributed by atoms with van der Waals surface area (Å²) < 4.78 is 5.23. The van der Waals surface area contributed by atoms with Crippen LogP contribution >= 0.6 is 0 Å². The maximum absolute atomic E-state index is 12.4. The van der Waals surface area contributed by atoms with Gasteiger partial charge in [0.25, 0.3) is 0 Å². The number of fused-ring (bicyclic) bond motifs is 2. The number of hydrogen-bond donors (Lipinski definition) is 1. The molecule has 5 heteroatoms. The van der Waals surface area contributed by atoms with E-state index in [0.717, 1.165) is 6.42 Å². The van der Waals surface area contributed by atoms with E-state index in [1.54, 1.807) is 11.9 Å². The van der Waals surface area contributed by atoms with Gasteiger partial charge < -0.3 is 14.7 Å². The number of allylic oxidation sites excluding steroid dienone is 2. The number of likely N-dealkylation sites (N-methyl/N-ethyl adjacent to an activating group) is 1. The molecule has 2 aliphatic rings. The molecule has 0 radical (unpaired) electrons. The second kappa shape index (κ2) is 5.74. The van der Waals surface area contributed by atoms with Gasteiger partial charge in [0.05, 0.1) is 18.4 Å². The van der Waals surface area contributed by atoms with Gasteiger partial charge in [-0.05, 0) is 25.2 Å². The first kappa shape index (κ1) is 14.1. The van der Waals surface area contributed by atoms with Crippen LogP contribution in [0.4, 0.5) is 0 Å². The van der Waals surface area contributed by atoms with Crippen molar-refractivity contribution in [2.24, 2.45) is 23.7 Å². The standard InChI is InChI=1S/C14H21NO4/c1-3-19-7-6-15(2)13(16)11-9-4-5-10(8-9)12(11)14(17)18/h4-5,9-12H,3,6-8H2,1-2H3,(H,17,18)/t9?,10?,11-,12+/m0/s1. The highest BCUT2D eigenvalue weighted by atomic mass is 16.5. The van der Waals surface area contributed by atoms with Crippen LogP contribution in [0.3, 0.4) is 0 Å². The monoisotopic (exact) mass is 267 g/mol. The molecule has 1 N–H and O–H groups in total. The molecule has 0 saturated heterocycles. The van der Waals surface area contributed by atoms with Crippen LogP contribution in [0.2, 0.25) is 0 Å². The highest BCUT2D eigenvalue weighted by Gasteiger charge is 2.52. The smallest absolute Gasteiger partial charge is 0.307 e. The van der Waals surface area contributed by atoms with E-state index >= 15 is 0 Å². The molecule has 5 nitrogen and oxygen atoms in total. The number of carbonyl (C=O) groups is 2. The molecule has 0 aromatic carbocycles. The van der Waals surface area contributed by atoms with Gasteiger partial charge in [-0.15, -0.1) is 0 Å². The normalized spacial score (nSPS) is 31.7. The number of carbonyl (C=O) groups excluding carboxylic acids is 1. The summed E-state index contributed by atoms with van der Waals surface area (Å²) in [6, 6.07) is 0. The fraction of sp³-hybridized carbons (Fsp3) is 0.714. The molecule has 4 atom stereocenters. The third-order valence-corrected chi connectivity index (χ3v) is 4.18. The summed E-state index contributed by atoms with van der Waals surface area (Å²) in [5.74, 6) is -1.77. The van der Waals surface area contributed by atoms with Crippen LogP contribution in [0.5, 0.6) is 0 Å². The SMILES string of the molecule is CCOCCN(C)C(=O)[C@H]1C2C=CC(C2)[C@H]1C(=O)O. The molecule has 1 amide bonds. The molecule has 19 heavy (non-hydrogen) atoms. The second-order valence-electron chi connectivity index (χ2n) is 5.29. The lowest BCUT2D eigenvalue weighted by molar-refractivity contribution is -0.150. The molecule has 1 fully saturated rings. The summed E-state index contributed by atoms with van der Waals surface area (Å²) >= 11 is 0. The van der Waals surface area contributed by atoms with Crippen molar-refractivity contribution in [1.82, 2.24) is 4.90 Å². The van der Waals surface area contributed by atoms with Crippen LogP contribution in [-0.2, 0) is 14.3 Å². The fourth-order valence-corrected chi connectivity index (χ4v) is 3.21. The van der Waals surface area contributed by atoms with Gasteiger partial charge in [-0.1, -0.05) is 12.2 Å². The van der Waals surface area contributed by atoms with Gasteiger partial charge in [0.1, 0.15) is 0 Å².